The molecule has 0 aliphatic rings. The zero-order chi connectivity index (χ0) is 24.1. The molecule has 0 saturated carbocycles. The van der Waals surface area contributed by atoms with Gasteiger partial charge in [-0.05, 0) is 29.8 Å². The molecule has 0 saturated heterocycles. The van der Waals surface area contributed by atoms with Gasteiger partial charge in [-0.25, -0.2) is 9.18 Å². The van der Waals surface area contributed by atoms with E-state index in [2.05, 4.69) is 16.0 Å². The van der Waals surface area contributed by atoms with Gasteiger partial charge in [-0.15, -0.1) is 0 Å². The lowest BCUT2D eigenvalue weighted by Gasteiger charge is -2.09. The highest BCUT2D eigenvalue weighted by atomic mass is 19.1. The van der Waals surface area contributed by atoms with Crippen LogP contribution in [0, 0.1) is 5.82 Å². The summed E-state index contributed by atoms with van der Waals surface area (Å²) in [5, 5.41) is 6.70. The van der Waals surface area contributed by atoms with Gasteiger partial charge in [-0.3, -0.25) is 19.2 Å². The lowest BCUT2D eigenvalue weighted by Crippen LogP contribution is -2.43. The van der Waals surface area contributed by atoms with Gasteiger partial charge in [-0.1, -0.05) is 30.3 Å². The number of esters is 1. The van der Waals surface area contributed by atoms with Crippen LogP contribution >= 0.6 is 0 Å². The molecule has 0 bridgehead atoms. The van der Waals surface area contributed by atoms with Crippen molar-refractivity contribution in [3.63, 3.8) is 0 Å². The molecule has 2 aromatic carbocycles. The Bertz CT molecular complexity index is 981. The van der Waals surface area contributed by atoms with Crippen molar-refractivity contribution in [1.29, 1.82) is 0 Å². The number of Topliss-reactive ketones (excluding diaryl/α,β-unsaturated/α-hetero) is 1. The van der Waals surface area contributed by atoms with Crippen molar-refractivity contribution < 1.29 is 37.8 Å². The third-order valence-electron chi connectivity index (χ3n) is 4.01. The van der Waals surface area contributed by atoms with E-state index >= 15 is 0 Å². The summed E-state index contributed by atoms with van der Waals surface area (Å²) in [7, 11) is 0. The van der Waals surface area contributed by atoms with Gasteiger partial charge >= 0.3 is 12.1 Å². The number of ether oxygens (including phenoxy) is 2. The third-order valence-corrected chi connectivity index (χ3v) is 4.01. The van der Waals surface area contributed by atoms with Crippen molar-refractivity contribution in [1.82, 2.24) is 16.0 Å². The molecule has 2 aromatic rings. The fourth-order valence-electron chi connectivity index (χ4n) is 2.32. The molecule has 0 atom stereocenters. The fourth-order valence-corrected chi connectivity index (χ4v) is 2.32. The number of benzene rings is 2. The summed E-state index contributed by atoms with van der Waals surface area (Å²) in [6.45, 7) is -1.89. The summed E-state index contributed by atoms with van der Waals surface area (Å²) in [6.07, 6.45) is -0.795. The Labute approximate surface area is 188 Å². The molecular formula is C22H22FN3O7. The maximum atomic E-state index is 12.8. The van der Waals surface area contributed by atoms with Crippen LogP contribution in [0.4, 0.5) is 9.18 Å². The van der Waals surface area contributed by atoms with Crippen molar-refractivity contribution in [3.8, 4) is 0 Å². The maximum Gasteiger partial charge on any atom is 0.407 e. The van der Waals surface area contributed by atoms with Gasteiger partial charge in [0.25, 0.3) is 0 Å². The number of hydrogen-bond acceptors (Lipinski definition) is 7. The molecule has 0 unspecified atom stereocenters. The number of amides is 3. The minimum absolute atomic E-state index is 0.0439. The van der Waals surface area contributed by atoms with Gasteiger partial charge in [0.1, 0.15) is 25.5 Å². The molecule has 0 spiro atoms. The normalized spacial score (nSPS) is 9.97. The quantitative estimate of drug-likeness (QED) is 0.332. The maximum absolute atomic E-state index is 12.8. The Morgan fingerprint density at radius 2 is 1.33 bits per heavy atom. The molecule has 174 valence electrons. The zero-order valence-electron chi connectivity index (χ0n) is 17.5. The molecular weight excluding hydrogens is 437 g/mol. The first kappa shape index (κ1) is 25.0. The highest BCUT2D eigenvalue weighted by Gasteiger charge is 2.12. The van der Waals surface area contributed by atoms with Crippen LogP contribution in [-0.2, 0) is 30.5 Å². The number of ketones is 1. The van der Waals surface area contributed by atoms with Crippen molar-refractivity contribution in [3.05, 3.63) is 71.5 Å². The second-order valence-corrected chi connectivity index (χ2v) is 6.56. The van der Waals surface area contributed by atoms with E-state index in [-0.39, 0.29) is 12.2 Å². The van der Waals surface area contributed by atoms with Crippen LogP contribution in [0.15, 0.2) is 54.6 Å². The Kier molecular flexibility index (Phi) is 9.99. The summed E-state index contributed by atoms with van der Waals surface area (Å²) in [4.78, 5) is 58.4. The monoisotopic (exact) mass is 459 g/mol. The number of carbonyl (C=O) groups is 5. The van der Waals surface area contributed by atoms with Gasteiger partial charge in [0, 0.05) is 5.56 Å². The number of hydrogen-bond donors (Lipinski definition) is 3. The van der Waals surface area contributed by atoms with Crippen LogP contribution < -0.4 is 16.0 Å². The molecule has 0 aliphatic carbocycles. The standard InChI is InChI=1S/C22H22FN3O7/c23-17-8-6-16(7-9-17)18(27)14-32-21(30)12-25-19(28)10-24-20(29)11-26-22(31)33-13-15-4-2-1-3-5-15/h1-9H,10-14H2,(H,24,29)(H,25,28)(H,26,31). The van der Waals surface area contributed by atoms with Crippen molar-refractivity contribution in [2.75, 3.05) is 26.2 Å². The zero-order valence-corrected chi connectivity index (χ0v) is 17.5. The summed E-state index contributed by atoms with van der Waals surface area (Å²) in [5.41, 5.74) is 0.959. The first-order valence-electron chi connectivity index (χ1n) is 9.76. The summed E-state index contributed by atoms with van der Waals surface area (Å²) >= 11 is 0. The van der Waals surface area contributed by atoms with Crippen LogP contribution in [0.1, 0.15) is 15.9 Å². The van der Waals surface area contributed by atoms with E-state index in [1.807, 2.05) is 6.07 Å². The van der Waals surface area contributed by atoms with E-state index in [1.54, 1.807) is 24.3 Å². The summed E-state index contributed by atoms with van der Waals surface area (Å²) < 4.78 is 22.5. The minimum atomic E-state index is -0.868. The predicted molar refractivity (Wildman–Crippen MR) is 112 cm³/mol. The Morgan fingerprint density at radius 3 is 2.00 bits per heavy atom. The van der Waals surface area contributed by atoms with Gasteiger partial charge in [0.05, 0.1) is 6.54 Å². The lowest BCUT2D eigenvalue weighted by molar-refractivity contribution is -0.142. The number of rotatable bonds is 11. The van der Waals surface area contributed by atoms with E-state index in [0.717, 1.165) is 17.7 Å². The van der Waals surface area contributed by atoms with Crippen LogP contribution in [-0.4, -0.2) is 55.9 Å². The van der Waals surface area contributed by atoms with Crippen LogP contribution in [0.5, 0.6) is 0 Å². The SMILES string of the molecule is O=C(CNC(=O)CNC(=O)OCc1ccccc1)NCC(=O)OCC(=O)c1ccc(F)cc1. The highest BCUT2D eigenvalue weighted by molar-refractivity contribution is 5.98. The number of alkyl carbamates (subject to hydrolysis) is 1. The molecule has 3 amide bonds. The van der Waals surface area contributed by atoms with E-state index in [4.69, 9.17) is 9.47 Å². The number of carbonyl (C=O) groups excluding carboxylic acids is 5. The Morgan fingerprint density at radius 1 is 0.727 bits per heavy atom. The van der Waals surface area contributed by atoms with E-state index < -0.39 is 61.7 Å². The van der Waals surface area contributed by atoms with Crippen molar-refractivity contribution >= 4 is 29.7 Å². The fraction of sp³-hybridized carbons (Fsp3) is 0.227. The molecule has 0 aliphatic heterocycles. The van der Waals surface area contributed by atoms with Crippen molar-refractivity contribution in [2.45, 2.75) is 6.61 Å². The number of halogens is 1. The van der Waals surface area contributed by atoms with Gasteiger partial charge < -0.3 is 25.4 Å². The molecule has 10 nitrogen and oxygen atoms in total. The van der Waals surface area contributed by atoms with Crippen LogP contribution in [0.2, 0.25) is 0 Å². The highest BCUT2D eigenvalue weighted by Crippen LogP contribution is 2.04. The smallest absolute Gasteiger partial charge is 0.407 e. The molecule has 3 N–H and O–H groups in total. The van der Waals surface area contributed by atoms with E-state index in [1.165, 1.54) is 12.1 Å². The van der Waals surface area contributed by atoms with Crippen LogP contribution in [0.25, 0.3) is 0 Å². The second kappa shape index (κ2) is 13.2. The summed E-state index contributed by atoms with van der Waals surface area (Å²) in [5.74, 6) is -3.23. The number of nitrogens with one attached hydrogen (secondary N) is 3. The Hall–Kier alpha value is -4.28. The third kappa shape index (κ3) is 10.0. The topological polar surface area (TPSA) is 140 Å². The molecule has 11 heteroatoms. The molecule has 0 heterocycles. The predicted octanol–water partition coefficient (Wildman–Crippen LogP) is 0.710. The first-order chi connectivity index (χ1) is 15.8. The first-order valence-corrected chi connectivity index (χ1v) is 9.76. The molecule has 0 aromatic heterocycles. The minimum Gasteiger partial charge on any atom is -0.456 e. The lowest BCUT2D eigenvalue weighted by atomic mass is 10.1. The average molecular weight is 459 g/mol. The molecule has 33 heavy (non-hydrogen) atoms. The largest absolute Gasteiger partial charge is 0.456 e. The van der Waals surface area contributed by atoms with Gasteiger partial charge in [-0.2, -0.15) is 0 Å². The Balaban J connectivity index is 1.55. The van der Waals surface area contributed by atoms with Crippen LogP contribution in [0.3, 0.4) is 0 Å². The second-order valence-electron chi connectivity index (χ2n) is 6.56. The van der Waals surface area contributed by atoms with Crippen molar-refractivity contribution in [2.24, 2.45) is 0 Å². The average Bonchev–Trinajstić information content (AvgIpc) is 2.83. The van der Waals surface area contributed by atoms with E-state index in [0.29, 0.717) is 0 Å². The van der Waals surface area contributed by atoms with Gasteiger partial charge in [0.15, 0.2) is 12.4 Å². The molecule has 0 fully saturated rings. The molecule has 2 rings (SSSR count). The summed E-state index contributed by atoms with van der Waals surface area (Å²) in [6, 6.07) is 13.7. The van der Waals surface area contributed by atoms with Gasteiger partial charge in [0.2, 0.25) is 11.8 Å². The molecule has 0 radical (unpaired) electrons. The van der Waals surface area contributed by atoms with E-state index in [9.17, 15) is 28.4 Å².